The van der Waals surface area contributed by atoms with Crippen LogP contribution >= 0.6 is 0 Å². The van der Waals surface area contributed by atoms with Gasteiger partial charge in [-0.25, -0.2) is 0 Å². The molecule has 0 radical (unpaired) electrons. The summed E-state index contributed by atoms with van der Waals surface area (Å²) in [5, 5.41) is 10.3. The van der Waals surface area contributed by atoms with Crippen molar-refractivity contribution in [3.8, 4) is 0 Å². The van der Waals surface area contributed by atoms with Gasteiger partial charge in [-0.2, -0.15) is 0 Å². The van der Waals surface area contributed by atoms with Crippen molar-refractivity contribution in [1.82, 2.24) is 4.90 Å². The van der Waals surface area contributed by atoms with Gasteiger partial charge in [0, 0.05) is 18.5 Å². The summed E-state index contributed by atoms with van der Waals surface area (Å²) in [4.78, 5) is 14.8. The Kier molecular flexibility index (Phi) is 4.07. The Morgan fingerprint density at radius 2 is 2.00 bits per heavy atom. The quantitative estimate of drug-likeness (QED) is 0.911. The van der Waals surface area contributed by atoms with Gasteiger partial charge in [-0.1, -0.05) is 12.8 Å². The number of carbonyl (C=O) groups excluding carboxylic acids is 1. The Bertz CT molecular complexity index is 522. The Balaban J connectivity index is 1.80. The van der Waals surface area contributed by atoms with E-state index in [9.17, 15) is 9.90 Å². The maximum Gasteiger partial charge on any atom is 0.257 e. The fourth-order valence-corrected chi connectivity index (χ4v) is 4.08. The number of aliphatic hydroxyl groups excluding tert-OH is 1. The average Bonchev–Trinajstić information content (AvgIpc) is 3.05. The van der Waals surface area contributed by atoms with Crippen LogP contribution < -0.4 is 0 Å². The van der Waals surface area contributed by atoms with E-state index in [1.165, 1.54) is 6.42 Å². The fourth-order valence-electron chi connectivity index (χ4n) is 4.08. The summed E-state index contributed by atoms with van der Waals surface area (Å²) in [7, 11) is 0. The molecule has 4 heteroatoms. The molecule has 0 spiro atoms. The number of hydrogen-bond donors (Lipinski definition) is 1. The Morgan fingerprint density at radius 1 is 1.24 bits per heavy atom. The van der Waals surface area contributed by atoms with Gasteiger partial charge < -0.3 is 14.4 Å². The maximum absolute atomic E-state index is 12.8. The molecule has 2 heterocycles. The lowest BCUT2D eigenvalue weighted by molar-refractivity contribution is 0.0211. The van der Waals surface area contributed by atoms with Crippen molar-refractivity contribution in [3.05, 3.63) is 23.2 Å². The number of likely N-dealkylation sites (tertiary alicyclic amines) is 1. The Hall–Kier alpha value is -1.29. The number of nitrogens with zero attached hydrogens (tertiary/aromatic N) is 1. The average molecular weight is 291 g/mol. The highest BCUT2D eigenvalue weighted by Crippen LogP contribution is 2.35. The van der Waals surface area contributed by atoms with Crippen LogP contribution in [-0.2, 0) is 0 Å². The molecule has 1 amide bonds. The summed E-state index contributed by atoms with van der Waals surface area (Å²) >= 11 is 0. The van der Waals surface area contributed by atoms with Crippen molar-refractivity contribution in [3.63, 3.8) is 0 Å². The SMILES string of the molecule is Cc1cc(C(=O)N2CCCC2C2CCCCC2O)c(C)o1. The second kappa shape index (κ2) is 5.84. The number of furan rings is 1. The summed E-state index contributed by atoms with van der Waals surface area (Å²) in [5.74, 6) is 1.81. The van der Waals surface area contributed by atoms with Gasteiger partial charge in [0.15, 0.2) is 0 Å². The lowest BCUT2D eigenvalue weighted by atomic mass is 9.80. The fraction of sp³-hybridized carbons (Fsp3) is 0.706. The molecule has 2 fully saturated rings. The summed E-state index contributed by atoms with van der Waals surface area (Å²) in [6.07, 6.45) is 6.01. The summed E-state index contributed by atoms with van der Waals surface area (Å²) in [6, 6.07) is 2.03. The molecule has 0 aromatic carbocycles. The van der Waals surface area contributed by atoms with E-state index in [1.54, 1.807) is 0 Å². The first-order chi connectivity index (χ1) is 10.1. The van der Waals surface area contributed by atoms with Crippen LogP contribution in [0.5, 0.6) is 0 Å². The molecule has 3 atom stereocenters. The van der Waals surface area contributed by atoms with Gasteiger partial charge in [0.1, 0.15) is 11.5 Å². The highest BCUT2D eigenvalue weighted by Gasteiger charge is 2.39. The van der Waals surface area contributed by atoms with E-state index in [0.29, 0.717) is 11.3 Å². The van der Waals surface area contributed by atoms with Crippen LogP contribution in [-0.4, -0.2) is 34.6 Å². The molecule has 1 aromatic heterocycles. The predicted molar refractivity (Wildman–Crippen MR) is 80.2 cm³/mol. The third-order valence-electron chi connectivity index (χ3n) is 5.11. The molecule has 1 saturated heterocycles. The first kappa shape index (κ1) is 14.6. The first-order valence-electron chi connectivity index (χ1n) is 8.14. The molecule has 1 saturated carbocycles. The molecule has 4 nitrogen and oxygen atoms in total. The van der Waals surface area contributed by atoms with E-state index in [2.05, 4.69) is 0 Å². The second-order valence-corrected chi connectivity index (χ2v) is 6.55. The Labute approximate surface area is 126 Å². The van der Waals surface area contributed by atoms with E-state index >= 15 is 0 Å². The van der Waals surface area contributed by atoms with E-state index in [-0.39, 0.29) is 24.0 Å². The number of aryl methyl sites for hydroxylation is 2. The smallest absolute Gasteiger partial charge is 0.257 e. The van der Waals surface area contributed by atoms with Gasteiger partial charge in [-0.3, -0.25) is 4.79 Å². The number of amides is 1. The molecule has 1 aliphatic carbocycles. The van der Waals surface area contributed by atoms with Gasteiger partial charge in [-0.15, -0.1) is 0 Å². The van der Waals surface area contributed by atoms with E-state index in [0.717, 1.165) is 44.4 Å². The van der Waals surface area contributed by atoms with Crippen molar-refractivity contribution in [2.24, 2.45) is 5.92 Å². The number of carbonyl (C=O) groups is 1. The predicted octanol–water partition coefficient (Wildman–Crippen LogP) is 3.05. The van der Waals surface area contributed by atoms with Gasteiger partial charge in [0.2, 0.25) is 0 Å². The summed E-state index contributed by atoms with van der Waals surface area (Å²) in [5.41, 5.74) is 0.685. The highest BCUT2D eigenvalue weighted by atomic mass is 16.3. The van der Waals surface area contributed by atoms with Gasteiger partial charge in [-0.05, 0) is 45.6 Å². The van der Waals surface area contributed by atoms with Crippen molar-refractivity contribution < 1.29 is 14.3 Å². The van der Waals surface area contributed by atoms with Crippen molar-refractivity contribution in [2.45, 2.75) is 64.5 Å². The minimum Gasteiger partial charge on any atom is -0.466 e. The number of aliphatic hydroxyl groups is 1. The first-order valence-corrected chi connectivity index (χ1v) is 8.14. The molecular formula is C17H25NO3. The van der Waals surface area contributed by atoms with Crippen molar-refractivity contribution in [2.75, 3.05) is 6.54 Å². The van der Waals surface area contributed by atoms with Crippen LogP contribution in [0.4, 0.5) is 0 Å². The van der Waals surface area contributed by atoms with E-state index in [1.807, 2.05) is 24.8 Å². The van der Waals surface area contributed by atoms with Crippen LogP contribution in [0, 0.1) is 19.8 Å². The molecule has 1 aromatic rings. The van der Waals surface area contributed by atoms with E-state index in [4.69, 9.17) is 4.42 Å². The van der Waals surface area contributed by atoms with Crippen LogP contribution in [0.3, 0.4) is 0 Å². The zero-order valence-corrected chi connectivity index (χ0v) is 13.0. The van der Waals surface area contributed by atoms with Crippen LogP contribution in [0.25, 0.3) is 0 Å². The van der Waals surface area contributed by atoms with Gasteiger partial charge in [0.25, 0.3) is 5.91 Å². The van der Waals surface area contributed by atoms with Gasteiger partial charge >= 0.3 is 0 Å². The number of rotatable bonds is 2. The zero-order valence-electron chi connectivity index (χ0n) is 13.0. The summed E-state index contributed by atoms with van der Waals surface area (Å²) in [6.45, 7) is 4.52. The molecule has 1 aliphatic heterocycles. The molecule has 0 bridgehead atoms. The third kappa shape index (κ3) is 2.73. The molecular weight excluding hydrogens is 266 g/mol. The highest BCUT2D eigenvalue weighted by molar-refractivity contribution is 5.95. The number of hydrogen-bond acceptors (Lipinski definition) is 3. The third-order valence-corrected chi connectivity index (χ3v) is 5.11. The van der Waals surface area contributed by atoms with Crippen LogP contribution in [0.2, 0.25) is 0 Å². The monoisotopic (exact) mass is 291 g/mol. The molecule has 21 heavy (non-hydrogen) atoms. The lowest BCUT2D eigenvalue weighted by Crippen LogP contribution is -2.45. The van der Waals surface area contributed by atoms with Crippen LogP contribution in [0.1, 0.15) is 60.4 Å². The Morgan fingerprint density at radius 3 is 2.67 bits per heavy atom. The summed E-state index contributed by atoms with van der Waals surface area (Å²) < 4.78 is 5.50. The van der Waals surface area contributed by atoms with Crippen molar-refractivity contribution >= 4 is 5.91 Å². The molecule has 116 valence electrons. The maximum atomic E-state index is 12.8. The second-order valence-electron chi connectivity index (χ2n) is 6.55. The zero-order chi connectivity index (χ0) is 15.0. The molecule has 3 rings (SSSR count). The lowest BCUT2D eigenvalue weighted by Gasteiger charge is -2.37. The van der Waals surface area contributed by atoms with E-state index < -0.39 is 0 Å². The topological polar surface area (TPSA) is 53.7 Å². The largest absolute Gasteiger partial charge is 0.466 e. The standard InChI is InChI=1S/C17H25NO3/c1-11-10-14(12(2)21-11)17(20)18-9-5-7-15(18)13-6-3-4-8-16(13)19/h10,13,15-16,19H,3-9H2,1-2H3. The minimum atomic E-state index is -0.246. The van der Waals surface area contributed by atoms with Crippen molar-refractivity contribution in [1.29, 1.82) is 0 Å². The van der Waals surface area contributed by atoms with Crippen LogP contribution in [0.15, 0.2) is 10.5 Å². The normalized spacial score (nSPS) is 29.9. The van der Waals surface area contributed by atoms with Gasteiger partial charge in [0.05, 0.1) is 11.7 Å². The minimum absolute atomic E-state index is 0.0737. The molecule has 2 aliphatic rings. The molecule has 1 N–H and O–H groups in total. The molecule has 3 unspecified atom stereocenters.